The maximum absolute atomic E-state index is 4.19. The van der Waals surface area contributed by atoms with Crippen molar-refractivity contribution in [2.24, 2.45) is 0 Å². The summed E-state index contributed by atoms with van der Waals surface area (Å²) in [6, 6.07) is 0. The van der Waals surface area contributed by atoms with Gasteiger partial charge in [-0.2, -0.15) is 0 Å². The van der Waals surface area contributed by atoms with Gasteiger partial charge in [-0.1, -0.05) is 0 Å². The van der Waals surface area contributed by atoms with Crippen LogP contribution in [0, 0.1) is 0 Å². The number of hydrogen-bond donors (Lipinski definition) is 0. The molecule has 0 atom stereocenters. The molecule has 1 heterocycles. The van der Waals surface area contributed by atoms with Gasteiger partial charge in [0, 0.05) is 0 Å². The molecule has 0 aliphatic carbocycles. The first-order valence-corrected chi connectivity index (χ1v) is 2.71. The molecular weight excluding hydrogens is 190 g/mol. The molecule has 0 aromatic rings. The number of nitrogens with zero attached hydrogens (tertiary/aromatic N) is 2. The second-order valence-electron chi connectivity index (χ2n) is 1.97. The van der Waals surface area contributed by atoms with Gasteiger partial charge in [-0.3, -0.25) is 0 Å². The Kier molecular flexibility index (Phi) is 30.1. The molecule has 1 saturated heterocycles. The summed E-state index contributed by atoms with van der Waals surface area (Å²) in [6.07, 6.45) is 0. The fourth-order valence-electron chi connectivity index (χ4n) is 0.706. The maximum atomic E-state index is 4.19. The summed E-state index contributed by atoms with van der Waals surface area (Å²) >= 11 is 0. The van der Waals surface area contributed by atoms with Gasteiger partial charge < -0.3 is 35.0 Å². The molecule has 6 heteroatoms. The topological polar surface area (TPSA) is 17.3 Å². The van der Waals surface area contributed by atoms with Gasteiger partial charge in [0.15, 0.2) is 0 Å². The molecule has 0 unspecified atom stereocenters. The maximum Gasteiger partial charge on any atom is 2.00 e. The molecule has 0 spiro atoms. The molecule has 0 aromatic heterocycles. The average molecular weight is 201 g/mol. The van der Waals surface area contributed by atoms with Crippen molar-refractivity contribution in [1.82, 2.24) is 4.90 Å². The van der Waals surface area contributed by atoms with Crippen molar-refractivity contribution in [3.05, 3.63) is 5.32 Å². The minimum Gasteiger partial charge on any atom is -1.00 e. The molecule has 0 N–H and O–H groups in total. The molecule has 11 heavy (non-hydrogen) atoms. The van der Waals surface area contributed by atoms with Crippen LogP contribution in [0.15, 0.2) is 0 Å². The van der Waals surface area contributed by atoms with E-state index in [9.17, 15) is 0 Å². The second kappa shape index (κ2) is 14.4. The molecule has 1 rings (SSSR count). The van der Waals surface area contributed by atoms with E-state index in [1.54, 1.807) is 0 Å². The van der Waals surface area contributed by atoms with Crippen LogP contribution in [0.5, 0.6) is 0 Å². The Morgan fingerprint density at radius 1 is 1.09 bits per heavy atom. The van der Waals surface area contributed by atoms with E-state index < -0.39 is 0 Å². The number of rotatable bonds is 0. The Bertz CT molecular complexity index is 64.4. The normalized spacial score (nSPS) is 16.1. The van der Waals surface area contributed by atoms with E-state index in [0.29, 0.717) is 0 Å². The monoisotopic (exact) mass is 200 g/mol. The molecule has 0 bridgehead atoms. The Morgan fingerprint density at radius 2 is 1.45 bits per heavy atom. The van der Waals surface area contributed by atoms with E-state index in [1.165, 1.54) is 0 Å². The van der Waals surface area contributed by atoms with Crippen LogP contribution >= 0.6 is 0 Å². The van der Waals surface area contributed by atoms with E-state index in [1.807, 2.05) is 0 Å². The van der Waals surface area contributed by atoms with Gasteiger partial charge in [0.05, 0.1) is 0 Å². The summed E-state index contributed by atoms with van der Waals surface area (Å²) in [5.41, 5.74) is 0. The first-order valence-electron chi connectivity index (χ1n) is 2.71. The third-order valence-electron chi connectivity index (χ3n) is 1.28. The smallest absolute Gasteiger partial charge is 1.00 e. The second-order valence-corrected chi connectivity index (χ2v) is 1.97. The Hall–Kier alpha value is 1.86. The zero-order chi connectivity index (χ0) is 5.11. The summed E-state index contributed by atoms with van der Waals surface area (Å²) in [7, 11) is 2.13. The molecule has 2 nitrogen and oxygen atoms in total. The minimum atomic E-state index is 0. The molecular formula is C5H11Cl2LiMgN2. The molecule has 1 aliphatic rings. The summed E-state index contributed by atoms with van der Waals surface area (Å²) in [5, 5.41) is 4.19. The van der Waals surface area contributed by atoms with Crippen LogP contribution in [-0.2, 0) is 0 Å². The Labute approximate surface area is 109 Å². The summed E-state index contributed by atoms with van der Waals surface area (Å²) < 4.78 is 0. The zero-order valence-corrected chi connectivity index (χ0v) is 10.1. The van der Waals surface area contributed by atoms with Crippen molar-refractivity contribution in [2.75, 3.05) is 33.2 Å². The zero-order valence-electron chi connectivity index (χ0n) is 7.19. The third-order valence-corrected chi connectivity index (χ3v) is 1.28. The Morgan fingerprint density at radius 3 is 1.64 bits per heavy atom. The minimum absolute atomic E-state index is 0. The number of halogens is 2. The van der Waals surface area contributed by atoms with Gasteiger partial charge in [0.2, 0.25) is 0 Å². The van der Waals surface area contributed by atoms with Crippen molar-refractivity contribution in [3.63, 3.8) is 0 Å². The number of piperazine rings is 1. The van der Waals surface area contributed by atoms with Gasteiger partial charge in [-0.05, 0) is 20.1 Å². The quantitative estimate of drug-likeness (QED) is 0.356. The number of likely N-dealkylation sites (N-methyl/N-ethyl adjacent to an activating group) is 1. The van der Waals surface area contributed by atoms with Crippen molar-refractivity contribution >= 4 is 23.1 Å². The predicted octanol–water partition coefficient (Wildman–Crippen LogP) is -9.06. The van der Waals surface area contributed by atoms with Gasteiger partial charge in [-0.15, -0.1) is 13.1 Å². The van der Waals surface area contributed by atoms with Crippen LogP contribution in [0.25, 0.3) is 5.32 Å². The molecule has 0 saturated carbocycles. The van der Waals surface area contributed by atoms with E-state index >= 15 is 0 Å². The van der Waals surface area contributed by atoms with Gasteiger partial charge in [0.1, 0.15) is 0 Å². The Balaban J connectivity index is -0.0000000612. The molecule has 0 radical (unpaired) electrons. The van der Waals surface area contributed by atoms with E-state index in [-0.39, 0.29) is 66.7 Å². The van der Waals surface area contributed by atoms with Crippen molar-refractivity contribution in [3.8, 4) is 0 Å². The molecule has 0 aromatic carbocycles. The summed E-state index contributed by atoms with van der Waals surface area (Å²) in [6.45, 7) is 4.38. The van der Waals surface area contributed by atoms with Crippen LogP contribution in [0.4, 0.5) is 0 Å². The van der Waals surface area contributed by atoms with Crippen LogP contribution < -0.4 is 43.7 Å². The van der Waals surface area contributed by atoms with Crippen LogP contribution in [-0.4, -0.2) is 61.2 Å². The predicted molar refractivity (Wildman–Crippen MR) is 36.3 cm³/mol. The van der Waals surface area contributed by atoms with E-state index in [4.69, 9.17) is 0 Å². The third kappa shape index (κ3) is 11.9. The van der Waals surface area contributed by atoms with Crippen LogP contribution in [0.2, 0.25) is 0 Å². The number of hydrogen-bond acceptors (Lipinski definition) is 1. The molecule has 0 amide bonds. The SMILES string of the molecule is CN1CC[N-]CC1.[Cl-].[Cl-].[Li+].[Mg+2]. The van der Waals surface area contributed by atoms with Crippen molar-refractivity contribution in [1.29, 1.82) is 0 Å². The van der Waals surface area contributed by atoms with Gasteiger partial charge >= 0.3 is 41.9 Å². The summed E-state index contributed by atoms with van der Waals surface area (Å²) in [4.78, 5) is 2.30. The first-order chi connectivity index (χ1) is 3.39. The molecule has 1 aliphatic heterocycles. The van der Waals surface area contributed by atoms with E-state index in [2.05, 4.69) is 17.3 Å². The van der Waals surface area contributed by atoms with Crippen molar-refractivity contribution in [2.45, 2.75) is 0 Å². The van der Waals surface area contributed by atoms with Crippen LogP contribution in [0.1, 0.15) is 0 Å². The fraction of sp³-hybridized carbons (Fsp3) is 1.00. The molecule has 58 valence electrons. The average Bonchev–Trinajstić information content (AvgIpc) is 1.69. The standard InChI is InChI=1S/C5H11N2.2ClH.Li.Mg/c1-7-4-2-6-3-5-7;;;;/h2-5H2,1H3;2*1H;;/q-1;;;+1;+2/p-2. The largest absolute Gasteiger partial charge is 2.00 e. The fourth-order valence-corrected chi connectivity index (χ4v) is 0.706. The first kappa shape index (κ1) is 23.0. The molecule has 1 fully saturated rings. The summed E-state index contributed by atoms with van der Waals surface area (Å²) in [5.74, 6) is 0. The van der Waals surface area contributed by atoms with Crippen LogP contribution in [0.3, 0.4) is 0 Å². The van der Waals surface area contributed by atoms with Gasteiger partial charge in [-0.25, -0.2) is 0 Å². The van der Waals surface area contributed by atoms with Gasteiger partial charge in [0.25, 0.3) is 0 Å². The van der Waals surface area contributed by atoms with E-state index in [0.717, 1.165) is 26.2 Å². The van der Waals surface area contributed by atoms with Crippen molar-refractivity contribution < 1.29 is 43.7 Å².